The van der Waals surface area contributed by atoms with Gasteiger partial charge in [-0.15, -0.1) is 0 Å². The smallest absolute Gasteiger partial charge is 0.302 e. The van der Waals surface area contributed by atoms with Crippen molar-refractivity contribution < 1.29 is 35.7 Å². The third-order valence-corrected chi connectivity index (χ3v) is 9.52. The van der Waals surface area contributed by atoms with Gasteiger partial charge in [0, 0.05) is 56.2 Å². The van der Waals surface area contributed by atoms with Crippen LogP contribution in [0.2, 0.25) is 5.02 Å². The second-order valence-electron chi connectivity index (χ2n) is 10.8. The van der Waals surface area contributed by atoms with Crippen LogP contribution >= 0.6 is 11.6 Å². The molecule has 2 aliphatic heterocycles. The quantitative estimate of drug-likeness (QED) is 0.294. The van der Waals surface area contributed by atoms with E-state index in [9.17, 15) is 26.4 Å². The summed E-state index contributed by atoms with van der Waals surface area (Å²) >= 11 is 6.06. The minimum Gasteiger partial charge on any atom is -0.464 e. The molecule has 2 fully saturated rings. The zero-order valence-electron chi connectivity index (χ0n) is 24.4. The van der Waals surface area contributed by atoms with Crippen LogP contribution in [0.1, 0.15) is 19.8 Å². The van der Waals surface area contributed by atoms with E-state index in [1.165, 1.54) is 17.3 Å². The van der Waals surface area contributed by atoms with Crippen molar-refractivity contribution in [2.75, 3.05) is 50.5 Å². The predicted octanol–water partition coefficient (Wildman–Crippen LogP) is 3.07. The Bertz CT molecular complexity index is 1690. The number of ether oxygens (including phenoxy) is 1. The van der Waals surface area contributed by atoms with Gasteiger partial charge in [-0.25, -0.2) is 8.42 Å². The maximum absolute atomic E-state index is 13.6. The van der Waals surface area contributed by atoms with Gasteiger partial charge in [0.1, 0.15) is 6.61 Å². The summed E-state index contributed by atoms with van der Waals surface area (Å²) in [7, 11) is -7.63. The van der Waals surface area contributed by atoms with Crippen LogP contribution in [0.3, 0.4) is 0 Å². The Balaban J connectivity index is 0.000000818. The lowest BCUT2D eigenvalue weighted by molar-refractivity contribution is -0.149. The summed E-state index contributed by atoms with van der Waals surface area (Å²) in [5.74, 6) is -0.491. The van der Waals surface area contributed by atoms with Gasteiger partial charge in [0.2, 0.25) is 15.9 Å². The van der Waals surface area contributed by atoms with E-state index in [1.807, 2.05) is 12.1 Å². The fraction of sp³-hybridized carbons (Fsp3) is 0.414. The van der Waals surface area contributed by atoms with E-state index in [0.29, 0.717) is 17.8 Å². The fourth-order valence-corrected chi connectivity index (χ4v) is 6.99. The van der Waals surface area contributed by atoms with Crippen LogP contribution < -0.4 is 4.90 Å². The van der Waals surface area contributed by atoms with Crippen molar-refractivity contribution in [3.63, 3.8) is 0 Å². The van der Waals surface area contributed by atoms with Gasteiger partial charge >= 0.3 is 5.97 Å². The van der Waals surface area contributed by atoms with Gasteiger partial charge in [-0.2, -0.15) is 12.7 Å². The highest BCUT2D eigenvalue weighted by atomic mass is 35.5. The number of amides is 1. The van der Waals surface area contributed by atoms with E-state index in [4.69, 9.17) is 20.9 Å². The molecule has 2 saturated heterocycles. The first-order chi connectivity index (χ1) is 20.7. The number of carbonyl (C=O) groups is 2. The highest BCUT2D eigenvalue weighted by Gasteiger charge is 2.40. The summed E-state index contributed by atoms with van der Waals surface area (Å²) < 4.78 is 59.6. The molecular formula is C29H35ClN4O8S2. The molecule has 0 aliphatic carbocycles. The lowest BCUT2D eigenvalue weighted by Gasteiger charge is -2.43. The largest absolute Gasteiger partial charge is 0.464 e. The SMILES string of the molecule is CC(=O)OCC1CN(S(=O)(=O)c2ccc3cc(Cl)ccc3c2)CC(=O)N1CC1CCN(c2ccncc2)CC1.CS(=O)(=O)O. The molecule has 2 aliphatic rings. The van der Waals surface area contributed by atoms with Crippen molar-refractivity contribution in [2.24, 2.45) is 5.92 Å². The number of carbonyl (C=O) groups excluding carboxylic acids is 2. The molecule has 0 spiro atoms. The summed E-state index contributed by atoms with van der Waals surface area (Å²) in [5.41, 5.74) is 1.13. The Morgan fingerprint density at radius 1 is 1.02 bits per heavy atom. The number of rotatable bonds is 7. The number of piperazine rings is 1. The summed E-state index contributed by atoms with van der Waals surface area (Å²) in [6.07, 6.45) is 6.07. The molecule has 0 radical (unpaired) electrons. The van der Waals surface area contributed by atoms with Gasteiger partial charge in [0.15, 0.2) is 0 Å². The molecule has 1 aromatic heterocycles. The first kappa shape index (κ1) is 33.6. The zero-order valence-corrected chi connectivity index (χ0v) is 26.8. The topological polar surface area (TPSA) is 154 Å². The van der Waals surface area contributed by atoms with Gasteiger partial charge in [0.05, 0.1) is 23.7 Å². The maximum Gasteiger partial charge on any atom is 0.302 e. The Morgan fingerprint density at radius 2 is 1.64 bits per heavy atom. The van der Waals surface area contributed by atoms with Gasteiger partial charge < -0.3 is 14.5 Å². The van der Waals surface area contributed by atoms with Crippen molar-refractivity contribution in [3.8, 4) is 0 Å². The van der Waals surface area contributed by atoms with Crippen molar-refractivity contribution in [1.29, 1.82) is 0 Å². The summed E-state index contributed by atoms with van der Waals surface area (Å²) in [6, 6.07) is 13.5. The fourth-order valence-electron chi connectivity index (χ4n) is 5.34. The highest BCUT2D eigenvalue weighted by molar-refractivity contribution is 7.89. The van der Waals surface area contributed by atoms with Crippen LogP contribution in [0.4, 0.5) is 5.69 Å². The van der Waals surface area contributed by atoms with Gasteiger partial charge in [-0.3, -0.25) is 19.1 Å². The normalized spacial score (nSPS) is 18.5. The number of pyridine rings is 1. The Labute approximate surface area is 262 Å². The van der Waals surface area contributed by atoms with Crippen LogP contribution in [-0.4, -0.2) is 99.1 Å². The molecule has 1 N–H and O–H groups in total. The Hall–Kier alpha value is -3.30. The van der Waals surface area contributed by atoms with E-state index in [2.05, 4.69) is 9.88 Å². The molecule has 238 valence electrons. The number of hydrogen-bond donors (Lipinski definition) is 1. The molecule has 12 nitrogen and oxygen atoms in total. The van der Waals surface area contributed by atoms with E-state index in [0.717, 1.165) is 42.4 Å². The zero-order chi connectivity index (χ0) is 32.1. The predicted molar refractivity (Wildman–Crippen MR) is 166 cm³/mol. The molecular weight excluding hydrogens is 632 g/mol. The lowest BCUT2D eigenvalue weighted by Crippen LogP contribution is -2.60. The third-order valence-electron chi connectivity index (χ3n) is 7.47. The van der Waals surface area contributed by atoms with E-state index < -0.39 is 32.2 Å². The second-order valence-corrected chi connectivity index (χ2v) is 14.7. The molecule has 1 atom stereocenters. The molecule has 3 aromatic rings. The standard InChI is InChI=1S/C28H31ClN4O5S.CH4O3S/c1-20(34)38-19-26-17-32(39(36,37)27-5-3-22-14-24(29)4-2-23(22)15-27)18-28(35)33(26)16-21-8-12-31(13-9-21)25-6-10-30-11-7-25;1-5(2,3)4/h2-7,10-11,14-15,21,26H,8-9,12-13,16-19H2,1H3;1H3,(H,2,3,4). The van der Waals surface area contributed by atoms with Gasteiger partial charge in [0.25, 0.3) is 10.1 Å². The molecule has 5 rings (SSSR count). The molecule has 3 heterocycles. The van der Waals surface area contributed by atoms with Gasteiger partial charge in [-0.05, 0) is 65.9 Å². The van der Waals surface area contributed by atoms with Crippen LogP contribution in [0, 0.1) is 5.92 Å². The average molecular weight is 667 g/mol. The Kier molecular flexibility index (Phi) is 10.8. The lowest BCUT2D eigenvalue weighted by atomic mass is 9.95. The average Bonchev–Trinajstić information content (AvgIpc) is 2.97. The molecule has 1 unspecified atom stereocenters. The molecule has 15 heteroatoms. The number of nitrogens with zero attached hydrogens (tertiary/aromatic N) is 4. The number of aromatic nitrogens is 1. The van der Waals surface area contributed by atoms with E-state index in [-0.39, 0.29) is 36.4 Å². The first-order valence-electron chi connectivity index (χ1n) is 13.9. The van der Waals surface area contributed by atoms with E-state index >= 15 is 0 Å². The van der Waals surface area contributed by atoms with Crippen molar-refractivity contribution in [2.45, 2.75) is 30.7 Å². The molecule has 0 saturated carbocycles. The van der Waals surface area contributed by atoms with Crippen LogP contribution in [-0.2, 0) is 34.5 Å². The summed E-state index contributed by atoms with van der Waals surface area (Å²) in [6.45, 7) is 3.26. The number of anilines is 1. The molecule has 44 heavy (non-hydrogen) atoms. The number of hydrogen-bond acceptors (Lipinski definition) is 9. The summed E-state index contributed by atoms with van der Waals surface area (Å²) in [5, 5.41) is 2.13. The molecule has 1 amide bonds. The van der Waals surface area contributed by atoms with Crippen LogP contribution in [0.5, 0.6) is 0 Å². The monoisotopic (exact) mass is 666 g/mol. The summed E-state index contributed by atoms with van der Waals surface area (Å²) in [4.78, 5) is 33.2. The number of sulfonamides is 1. The minimum atomic E-state index is -3.96. The van der Waals surface area contributed by atoms with E-state index in [1.54, 1.807) is 47.6 Å². The number of piperidine rings is 1. The van der Waals surface area contributed by atoms with Crippen LogP contribution in [0.15, 0.2) is 65.8 Å². The minimum absolute atomic E-state index is 0.0515. The number of esters is 1. The van der Waals surface area contributed by atoms with Crippen molar-refractivity contribution >= 4 is 60.1 Å². The molecule has 0 bridgehead atoms. The first-order valence-corrected chi connectivity index (χ1v) is 17.6. The van der Waals surface area contributed by atoms with Gasteiger partial charge in [-0.1, -0.05) is 23.7 Å². The maximum atomic E-state index is 13.6. The highest BCUT2D eigenvalue weighted by Crippen LogP contribution is 2.28. The second kappa shape index (κ2) is 14.2. The van der Waals surface area contributed by atoms with Crippen molar-refractivity contribution in [3.05, 3.63) is 65.9 Å². The number of halogens is 1. The number of fused-ring (bicyclic) bond motifs is 1. The van der Waals surface area contributed by atoms with Crippen molar-refractivity contribution in [1.82, 2.24) is 14.2 Å². The van der Waals surface area contributed by atoms with Crippen LogP contribution in [0.25, 0.3) is 10.8 Å². The third kappa shape index (κ3) is 9.11. The number of benzene rings is 2. The Morgan fingerprint density at radius 3 is 2.27 bits per heavy atom. The molecule has 2 aromatic carbocycles.